The summed E-state index contributed by atoms with van der Waals surface area (Å²) in [6, 6.07) is 53.8. The van der Waals surface area contributed by atoms with E-state index in [0.29, 0.717) is 59.8 Å². The summed E-state index contributed by atoms with van der Waals surface area (Å²) in [5.74, 6) is 1.30. The van der Waals surface area contributed by atoms with Gasteiger partial charge in [0.2, 0.25) is 0 Å². The number of hydrogen-bond donors (Lipinski definition) is 3. The van der Waals surface area contributed by atoms with Gasteiger partial charge < -0.3 is 19.7 Å². The van der Waals surface area contributed by atoms with E-state index in [-0.39, 0.29) is 29.2 Å². The monoisotopic (exact) mass is 892 g/mol. The van der Waals surface area contributed by atoms with Crippen LogP contribution in [-0.4, -0.2) is 36.4 Å². The molecule has 0 radical (unpaired) electrons. The number of benzene rings is 8. The Labute approximate surface area is 387 Å². The molecule has 8 aromatic rings. The van der Waals surface area contributed by atoms with Gasteiger partial charge in [0.15, 0.2) is 0 Å². The van der Waals surface area contributed by atoms with Crippen molar-refractivity contribution < 1.29 is 32.7 Å². The van der Waals surface area contributed by atoms with Crippen LogP contribution in [0.5, 0.6) is 23.0 Å². The molecule has 0 atom stereocenters. The first-order valence-corrected chi connectivity index (χ1v) is 24.0. The third kappa shape index (κ3) is 9.48. The fraction of sp³-hybridized carbons (Fsp3) is 0.172. The van der Waals surface area contributed by atoms with Gasteiger partial charge in [-0.25, -0.2) is 0 Å². The lowest BCUT2D eigenvalue weighted by Gasteiger charge is -2.22. The van der Waals surface area contributed by atoms with Gasteiger partial charge in [0.25, 0.3) is 10.1 Å². The molecule has 1 aliphatic rings. The van der Waals surface area contributed by atoms with Crippen LogP contribution in [0.15, 0.2) is 169 Å². The number of phenolic OH excluding ortho intramolecular Hbond substituents is 2. The quantitative estimate of drug-likeness (QED) is 0.111. The summed E-state index contributed by atoms with van der Waals surface area (Å²) >= 11 is 0. The van der Waals surface area contributed by atoms with Crippen LogP contribution in [0.1, 0.15) is 71.2 Å². The normalized spacial score (nSPS) is 12.4. The maximum absolute atomic E-state index is 13.1. The molecule has 0 spiro atoms. The van der Waals surface area contributed by atoms with Crippen LogP contribution in [0, 0.1) is 0 Å². The number of ether oxygens (including phenoxy) is 2. The van der Waals surface area contributed by atoms with Gasteiger partial charge in [-0.1, -0.05) is 141 Å². The lowest BCUT2D eigenvalue weighted by molar-refractivity contribution is 0.311. The Morgan fingerprint density at radius 2 is 0.712 bits per heavy atom. The average Bonchev–Trinajstić information content (AvgIpc) is 3.33. The van der Waals surface area contributed by atoms with E-state index < -0.39 is 10.1 Å². The van der Waals surface area contributed by atoms with E-state index in [9.17, 15) is 23.2 Å². The van der Waals surface area contributed by atoms with Crippen LogP contribution in [0.3, 0.4) is 0 Å². The standard InChI is InChI=1S/C58H52O7S/c1-3-26-64-57-50-28-44-16-11-17-45(55(44)59)29-51-31-47(43-24-20-41(21-25-43)39-14-9-6-10-15-39)33-53(58(51)65-27-4-2)35-49-37-54(66(61,62)63)36-48(56(49)60)34-52(57)32-46(30-50)42-22-18-40(19-23-42)38-12-7-5-8-13-38/h5-25,30-33,36-37,59-60H,3-4,26-29,34-35H2,1-2H3,(H,61,62,63). The Bertz CT molecular complexity index is 2940. The highest BCUT2D eigenvalue weighted by Crippen LogP contribution is 2.42. The molecule has 3 N–H and O–H groups in total. The zero-order chi connectivity index (χ0) is 45.8. The number of hydrogen-bond acceptors (Lipinski definition) is 6. The van der Waals surface area contributed by atoms with E-state index in [1.165, 1.54) is 12.1 Å². The largest absolute Gasteiger partial charge is 0.507 e. The van der Waals surface area contributed by atoms with E-state index in [0.717, 1.165) is 79.6 Å². The fourth-order valence-electron chi connectivity index (χ4n) is 9.01. The summed E-state index contributed by atoms with van der Waals surface area (Å²) in [5.41, 5.74) is 13.2. The molecule has 8 heteroatoms. The van der Waals surface area contributed by atoms with E-state index in [1.54, 1.807) is 0 Å². The first-order chi connectivity index (χ1) is 32.1. The maximum atomic E-state index is 13.1. The Morgan fingerprint density at radius 3 is 1.06 bits per heavy atom. The summed E-state index contributed by atoms with van der Waals surface area (Å²) in [5, 5.41) is 24.6. The predicted octanol–water partition coefficient (Wildman–Crippen LogP) is 13.3. The molecule has 0 heterocycles. The Kier molecular flexibility index (Phi) is 12.8. The van der Waals surface area contributed by atoms with E-state index >= 15 is 0 Å². The van der Waals surface area contributed by atoms with E-state index in [2.05, 4.69) is 84.9 Å². The number of para-hydroxylation sites is 1. The van der Waals surface area contributed by atoms with Crippen molar-refractivity contribution in [2.75, 3.05) is 13.2 Å². The SMILES string of the molecule is CCCOc1c2cc(-c3ccc(-c4ccccc4)cc3)cc1Cc1cc(S(=O)(=O)O)cc(c1O)Cc1cc(-c3ccc(-c4ccccc4)cc3)cc(c1OCCC)Cc1cccc(c1O)C2. The Balaban J connectivity index is 1.25. The second-order valence-electron chi connectivity index (χ2n) is 17.0. The zero-order valence-electron chi connectivity index (χ0n) is 37.1. The summed E-state index contributed by atoms with van der Waals surface area (Å²) in [7, 11) is -4.71. The minimum Gasteiger partial charge on any atom is -0.507 e. The molecule has 0 unspecified atom stereocenters. The molecular formula is C58H52O7S. The van der Waals surface area contributed by atoms with Gasteiger partial charge in [0, 0.05) is 36.8 Å². The smallest absolute Gasteiger partial charge is 0.294 e. The molecule has 9 rings (SSSR count). The van der Waals surface area contributed by atoms with Crippen molar-refractivity contribution >= 4 is 10.1 Å². The van der Waals surface area contributed by atoms with Gasteiger partial charge in [-0.05, 0) is 127 Å². The lowest BCUT2D eigenvalue weighted by atomic mass is 9.88. The molecule has 0 saturated heterocycles. The Hall–Kier alpha value is -7.13. The van der Waals surface area contributed by atoms with Crippen molar-refractivity contribution in [1.82, 2.24) is 0 Å². The first kappa shape index (κ1) is 44.1. The molecule has 8 bridgehead atoms. The molecule has 8 aromatic carbocycles. The summed E-state index contributed by atoms with van der Waals surface area (Å²) in [6.07, 6.45) is 2.26. The molecule has 0 amide bonds. The van der Waals surface area contributed by atoms with Gasteiger partial charge in [0.1, 0.15) is 23.0 Å². The molecule has 66 heavy (non-hydrogen) atoms. The topological polar surface area (TPSA) is 113 Å². The van der Waals surface area contributed by atoms with Crippen LogP contribution in [-0.2, 0) is 35.8 Å². The molecule has 7 nitrogen and oxygen atoms in total. The van der Waals surface area contributed by atoms with Crippen molar-refractivity contribution in [2.24, 2.45) is 0 Å². The molecule has 0 aliphatic heterocycles. The zero-order valence-corrected chi connectivity index (χ0v) is 37.9. The number of phenols is 2. The molecular weight excluding hydrogens is 841 g/mol. The third-order valence-electron chi connectivity index (χ3n) is 12.3. The molecule has 0 aromatic heterocycles. The van der Waals surface area contributed by atoms with Gasteiger partial charge in [-0.3, -0.25) is 4.55 Å². The van der Waals surface area contributed by atoms with Crippen molar-refractivity contribution in [1.29, 1.82) is 0 Å². The van der Waals surface area contributed by atoms with Gasteiger partial charge in [0.05, 0.1) is 18.1 Å². The van der Waals surface area contributed by atoms with Crippen molar-refractivity contribution in [3.8, 4) is 67.5 Å². The summed E-state index contributed by atoms with van der Waals surface area (Å²) < 4.78 is 49.9. The Morgan fingerprint density at radius 1 is 0.394 bits per heavy atom. The average molecular weight is 893 g/mol. The van der Waals surface area contributed by atoms with E-state index in [4.69, 9.17) is 9.47 Å². The molecule has 0 saturated carbocycles. The highest BCUT2D eigenvalue weighted by molar-refractivity contribution is 7.85. The highest BCUT2D eigenvalue weighted by atomic mass is 32.2. The summed E-state index contributed by atoms with van der Waals surface area (Å²) in [4.78, 5) is -0.320. The van der Waals surface area contributed by atoms with Gasteiger partial charge >= 0.3 is 0 Å². The van der Waals surface area contributed by atoms with Crippen LogP contribution in [0.4, 0.5) is 0 Å². The van der Waals surface area contributed by atoms with Gasteiger partial charge in [-0.2, -0.15) is 8.42 Å². The minimum absolute atomic E-state index is 0.0778. The van der Waals surface area contributed by atoms with Crippen molar-refractivity contribution in [2.45, 2.75) is 57.3 Å². The molecule has 1 aliphatic carbocycles. The highest BCUT2D eigenvalue weighted by Gasteiger charge is 2.25. The number of rotatable bonds is 11. The van der Waals surface area contributed by atoms with Crippen molar-refractivity contribution in [3.63, 3.8) is 0 Å². The third-order valence-corrected chi connectivity index (χ3v) is 13.1. The second kappa shape index (κ2) is 19.1. The number of fused-ring (bicyclic) bond motifs is 8. The lowest BCUT2D eigenvalue weighted by Crippen LogP contribution is -2.09. The second-order valence-corrected chi connectivity index (χ2v) is 18.4. The number of aromatic hydroxyl groups is 2. The van der Waals surface area contributed by atoms with Crippen LogP contribution >= 0.6 is 0 Å². The maximum Gasteiger partial charge on any atom is 0.294 e. The van der Waals surface area contributed by atoms with Crippen LogP contribution in [0.2, 0.25) is 0 Å². The minimum atomic E-state index is -4.71. The van der Waals surface area contributed by atoms with Crippen molar-refractivity contribution in [3.05, 3.63) is 208 Å². The predicted molar refractivity (Wildman–Crippen MR) is 263 cm³/mol. The molecule has 0 fully saturated rings. The fourth-order valence-corrected chi connectivity index (χ4v) is 9.60. The first-order valence-electron chi connectivity index (χ1n) is 22.6. The molecule has 332 valence electrons. The van der Waals surface area contributed by atoms with Crippen LogP contribution < -0.4 is 9.47 Å². The van der Waals surface area contributed by atoms with Gasteiger partial charge in [-0.15, -0.1) is 0 Å². The van der Waals surface area contributed by atoms with Crippen LogP contribution in [0.25, 0.3) is 44.5 Å². The van der Waals surface area contributed by atoms with E-state index in [1.807, 2.05) is 80.6 Å². The summed E-state index contributed by atoms with van der Waals surface area (Å²) in [6.45, 7) is 4.88.